The molecule has 170 valence electrons. The molecule has 1 saturated carbocycles. The SMILES string of the molecule is CCc1nc(-c2csc(S(=O)(=O)N3CCC(C(=O)NC4CCCCCC4)CC3)c2)no1. The van der Waals surface area contributed by atoms with Crippen LogP contribution < -0.4 is 5.32 Å². The summed E-state index contributed by atoms with van der Waals surface area (Å²) in [5.41, 5.74) is 0.643. The number of carbonyl (C=O) groups is 1. The van der Waals surface area contributed by atoms with E-state index in [0.717, 1.165) is 24.2 Å². The summed E-state index contributed by atoms with van der Waals surface area (Å²) in [6.07, 6.45) is 8.70. The molecule has 4 rings (SSSR count). The summed E-state index contributed by atoms with van der Waals surface area (Å²) in [6, 6.07) is 1.88. The highest BCUT2D eigenvalue weighted by atomic mass is 32.2. The van der Waals surface area contributed by atoms with Crippen molar-refractivity contribution in [1.29, 1.82) is 0 Å². The van der Waals surface area contributed by atoms with Crippen molar-refractivity contribution in [2.75, 3.05) is 13.1 Å². The minimum Gasteiger partial charge on any atom is -0.353 e. The number of amides is 1. The number of nitrogens with one attached hydrogen (secondary N) is 1. The highest BCUT2D eigenvalue weighted by Crippen LogP contribution is 2.31. The number of hydrogen-bond donors (Lipinski definition) is 1. The van der Waals surface area contributed by atoms with E-state index < -0.39 is 10.0 Å². The quantitative estimate of drug-likeness (QED) is 0.652. The molecule has 1 amide bonds. The maximum Gasteiger partial charge on any atom is 0.252 e. The molecule has 1 N–H and O–H groups in total. The third-order valence-corrected chi connectivity index (χ3v) is 9.54. The summed E-state index contributed by atoms with van der Waals surface area (Å²) < 4.78 is 33.1. The van der Waals surface area contributed by atoms with Crippen LogP contribution in [0, 0.1) is 5.92 Å². The van der Waals surface area contributed by atoms with Crippen LogP contribution in [0.5, 0.6) is 0 Å². The van der Waals surface area contributed by atoms with Crippen LogP contribution in [0.2, 0.25) is 0 Å². The Hall–Kier alpha value is -1.78. The standard InChI is InChI=1S/C21H30N4O4S2/c1-2-18-23-20(24-29-18)16-13-19(30-14-16)31(27,28)25-11-9-15(10-12-25)21(26)22-17-7-5-3-4-6-8-17/h13-15,17H,2-12H2,1H3,(H,22,26). The molecule has 2 aliphatic rings. The lowest BCUT2D eigenvalue weighted by molar-refractivity contribution is -0.126. The Bertz CT molecular complexity index is 985. The predicted octanol–water partition coefficient (Wildman–Crippen LogP) is 3.60. The van der Waals surface area contributed by atoms with Gasteiger partial charge in [0.1, 0.15) is 4.21 Å². The number of aromatic nitrogens is 2. The van der Waals surface area contributed by atoms with E-state index >= 15 is 0 Å². The zero-order valence-electron chi connectivity index (χ0n) is 17.9. The monoisotopic (exact) mass is 466 g/mol. The number of sulfonamides is 1. The Morgan fingerprint density at radius 1 is 1.19 bits per heavy atom. The van der Waals surface area contributed by atoms with Crippen molar-refractivity contribution in [2.45, 2.75) is 75.0 Å². The van der Waals surface area contributed by atoms with E-state index in [-0.39, 0.29) is 22.1 Å². The van der Waals surface area contributed by atoms with E-state index in [1.54, 1.807) is 11.4 Å². The first-order valence-electron chi connectivity index (χ1n) is 11.2. The van der Waals surface area contributed by atoms with Crippen molar-refractivity contribution >= 4 is 27.3 Å². The lowest BCUT2D eigenvalue weighted by Crippen LogP contribution is -2.45. The third-order valence-electron chi connectivity index (χ3n) is 6.22. The van der Waals surface area contributed by atoms with Crippen LogP contribution in [0.4, 0.5) is 0 Å². The average molecular weight is 467 g/mol. The Morgan fingerprint density at radius 2 is 1.90 bits per heavy atom. The molecule has 2 fully saturated rings. The van der Waals surface area contributed by atoms with Gasteiger partial charge in [-0.3, -0.25) is 4.79 Å². The maximum absolute atomic E-state index is 13.1. The molecular formula is C21H30N4O4S2. The molecule has 0 bridgehead atoms. The number of nitrogens with zero attached hydrogens (tertiary/aromatic N) is 3. The van der Waals surface area contributed by atoms with E-state index in [0.29, 0.717) is 49.6 Å². The van der Waals surface area contributed by atoms with Gasteiger partial charge in [-0.25, -0.2) is 8.42 Å². The predicted molar refractivity (Wildman–Crippen MR) is 118 cm³/mol. The molecule has 0 unspecified atom stereocenters. The van der Waals surface area contributed by atoms with Crippen LogP contribution >= 0.6 is 11.3 Å². The molecule has 0 atom stereocenters. The lowest BCUT2D eigenvalue weighted by atomic mass is 9.96. The molecule has 10 heteroatoms. The van der Waals surface area contributed by atoms with E-state index in [4.69, 9.17) is 4.52 Å². The fraction of sp³-hybridized carbons (Fsp3) is 0.667. The lowest BCUT2D eigenvalue weighted by Gasteiger charge is -2.31. The van der Waals surface area contributed by atoms with Crippen LogP contribution in [0.1, 0.15) is 64.2 Å². The van der Waals surface area contributed by atoms with Crippen molar-refractivity contribution in [3.63, 3.8) is 0 Å². The minimum absolute atomic E-state index is 0.0891. The number of rotatable bonds is 6. The molecule has 2 aromatic rings. The number of thiophene rings is 1. The second-order valence-electron chi connectivity index (χ2n) is 8.40. The molecule has 0 radical (unpaired) electrons. The van der Waals surface area contributed by atoms with E-state index in [9.17, 15) is 13.2 Å². The Balaban J connectivity index is 1.35. The van der Waals surface area contributed by atoms with E-state index in [2.05, 4.69) is 15.5 Å². The zero-order chi connectivity index (χ0) is 21.8. The van der Waals surface area contributed by atoms with Gasteiger partial charge in [-0.1, -0.05) is 37.8 Å². The molecule has 1 aliphatic heterocycles. The summed E-state index contributed by atoms with van der Waals surface area (Å²) in [5.74, 6) is 0.907. The largest absolute Gasteiger partial charge is 0.353 e. The van der Waals surface area contributed by atoms with Crippen LogP contribution in [0.3, 0.4) is 0 Å². The Kier molecular flexibility index (Phi) is 7.08. The van der Waals surface area contributed by atoms with Gasteiger partial charge in [0.05, 0.1) is 0 Å². The normalized spacial score (nSPS) is 19.9. The molecule has 3 heterocycles. The summed E-state index contributed by atoms with van der Waals surface area (Å²) in [6.45, 7) is 2.64. The molecule has 1 saturated heterocycles. The van der Waals surface area contributed by atoms with Crippen LogP contribution in [-0.2, 0) is 21.2 Å². The number of carbonyl (C=O) groups excluding carboxylic acids is 1. The molecule has 2 aromatic heterocycles. The van der Waals surface area contributed by atoms with Gasteiger partial charge < -0.3 is 9.84 Å². The number of aryl methyl sites for hydroxylation is 1. The molecule has 0 aromatic carbocycles. The first kappa shape index (κ1) is 22.4. The topological polar surface area (TPSA) is 105 Å². The van der Waals surface area contributed by atoms with Gasteiger partial charge in [-0.2, -0.15) is 9.29 Å². The van der Waals surface area contributed by atoms with Gasteiger partial charge in [-0.05, 0) is 31.7 Å². The third kappa shape index (κ3) is 5.18. The highest BCUT2D eigenvalue weighted by Gasteiger charge is 2.33. The summed E-state index contributed by atoms with van der Waals surface area (Å²) in [5, 5.41) is 8.87. The average Bonchev–Trinajstić information content (AvgIpc) is 3.39. The summed E-state index contributed by atoms with van der Waals surface area (Å²) in [4.78, 5) is 17.0. The molecule has 0 spiro atoms. The molecular weight excluding hydrogens is 436 g/mol. The van der Waals surface area contributed by atoms with Crippen molar-refractivity contribution in [1.82, 2.24) is 19.8 Å². The van der Waals surface area contributed by atoms with Gasteiger partial charge in [0.15, 0.2) is 0 Å². The van der Waals surface area contributed by atoms with Crippen LogP contribution in [0.15, 0.2) is 20.2 Å². The van der Waals surface area contributed by atoms with Gasteiger partial charge in [-0.15, -0.1) is 11.3 Å². The van der Waals surface area contributed by atoms with E-state index in [1.807, 2.05) is 6.92 Å². The highest BCUT2D eigenvalue weighted by molar-refractivity contribution is 7.91. The second kappa shape index (κ2) is 9.79. The van der Waals surface area contributed by atoms with Gasteiger partial charge in [0, 0.05) is 42.4 Å². The van der Waals surface area contributed by atoms with Crippen LogP contribution in [0.25, 0.3) is 11.4 Å². The molecule has 8 nitrogen and oxygen atoms in total. The first-order chi connectivity index (χ1) is 15.0. The van der Waals surface area contributed by atoms with Crippen molar-refractivity contribution < 1.29 is 17.7 Å². The van der Waals surface area contributed by atoms with Gasteiger partial charge in [0.25, 0.3) is 10.0 Å². The Labute approximate surface area is 187 Å². The van der Waals surface area contributed by atoms with Crippen molar-refractivity contribution in [2.24, 2.45) is 5.92 Å². The zero-order valence-corrected chi connectivity index (χ0v) is 19.5. The molecule has 31 heavy (non-hydrogen) atoms. The number of piperidine rings is 1. The maximum atomic E-state index is 13.1. The smallest absolute Gasteiger partial charge is 0.252 e. The fourth-order valence-electron chi connectivity index (χ4n) is 4.31. The first-order valence-corrected chi connectivity index (χ1v) is 13.5. The fourth-order valence-corrected chi connectivity index (χ4v) is 7.09. The van der Waals surface area contributed by atoms with Crippen molar-refractivity contribution in [3.8, 4) is 11.4 Å². The molecule has 1 aliphatic carbocycles. The second-order valence-corrected chi connectivity index (χ2v) is 11.5. The minimum atomic E-state index is -3.60. The summed E-state index contributed by atoms with van der Waals surface area (Å²) >= 11 is 1.16. The van der Waals surface area contributed by atoms with Gasteiger partial charge in [0.2, 0.25) is 17.6 Å². The van der Waals surface area contributed by atoms with Crippen LogP contribution in [-0.4, -0.2) is 47.9 Å². The van der Waals surface area contributed by atoms with Crippen molar-refractivity contribution in [3.05, 3.63) is 17.3 Å². The van der Waals surface area contributed by atoms with E-state index in [1.165, 1.54) is 30.0 Å². The van der Waals surface area contributed by atoms with Gasteiger partial charge >= 0.3 is 0 Å². The number of hydrogen-bond acceptors (Lipinski definition) is 7. The summed E-state index contributed by atoms with van der Waals surface area (Å²) in [7, 11) is -3.60. The Morgan fingerprint density at radius 3 is 2.55 bits per heavy atom.